The molecule has 1 aromatic heterocycles. The Hall–Kier alpha value is -4.87. The number of aromatic nitrogens is 1. The summed E-state index contributed by atoms with van der Waals surface area (Å²) < 4.78 is 15.9. The number of anilines is 2. The molecule has 36 heavy (non-hydrogen) atoms. The second kappa shape index (κ2) is 12.6. The van der Waals surface area contributed by atoms with Crippen LogP contribution in [0.15, 0.2) is 66.0 Å². The number of nitrogens with one attached hydrogen (secondary N) is 3. The first kappa shape index (κ1) is 25.7. The quantitative estimate of drug-likeness (QED) is 0.169. The Labute approximate surface area is 211 Å². The van der Waals surface area contributed by atoms with Gasteiger partial charge in [0.05, 0.1) is 14.2 Å². The Kier molecular flexibility index (Phi) is 8.98. The highest BCUT2D eigenvalue weighted by atomic mass is 32.1. The molecule has 0 unspecified atom stereocenters. The fraction of sp³-hybridized carbons (Fsp3) is 0.130. The van der Waals surface area contributed by atoms with Crippen molar-refractivity contribution in [2.24, 2.45) is 5.11 Å². The van der Waals surface area contributed by atoms with E-state index >= 15 is 0 Å². The lowest BCUT2D eigenvalue weighted by Gasteiger charge is -2.15. The molecule has 13 heteroatoms. The Morgan fingerprint density at radius 1 is 0.972 bits per heavy atom. The summed E-state index contributed by atoms with van der Waals surface area (Å²) in [6.45, 7) is -0.310. The van der Waals surface area contributed by atoms with Crippen LogP contribution in [0.25, 0.3) is 10.4 Å². The van der Waals surface area contributed by atoms with E-state index in [2.05, 4.69) is 31.0 Å². The lowest BCUT2D eigenvalue weighted by Crippen LogP contribution is -2.34. The van der Waals surface area contributed by atoms with Crippen molar-refractivity contribution >= 4 is 40.5 Å². The number of benzene rings is 2. The molecule has 0 saturated carbocycles. The molecule has 0 radical (unpaired) electrons. The Balaban J connectivity index is 1.69. The summed E-state index contributed by atoms with van der Waals surface area (Å²) in [5, 5.41) is 11.6. The van der Waals surface area contributed by atoms with Gasteiger partial charge in [-0.05, 0) is 60.2 Å². The summed E-state index contributed by atoms with van der Waals surface area (Å²) in [5.41, 5.74) is 10.1. The van der Waals surface area contributed by atoms with Crippen LogP contribution in [0.1, 0.15) is 20.7 Å². The van der Waals surface area contributed by atoms with E-state index < -0.39 is 5.91 Å². The molecule has 184 valence electrons. The maximum absolute atomic E-state index is 12.8. The van der Waals surface area contributed by atoms with Gasteiger partial charge in [0, 0.05) is 39.8 Å². The Morgan fingerprint density at radius 3 is 2.33 bits per heavy atom. The van der Waals surface area contributed by atoms with Crippen LogP contribution in [0.4, 0.5) is 11.4 Å². The number of pyridine rings is 1. The Bertz CT molecular complexity index is 1310. The molecule has 3 aromatic rings. The number of ether oxygens (including phenoxy) is 3. The molecule has 0 spiro atoms. The first-order valence-corrected chi connectivity index (χ1v) is 10.7. The molecule has 2 amide bonds. The van der Waals surface area contributed by atoms with E-state index in [0.29, 0.717) is 16.9 Å². The van der Waals surface area contributed by atoms with Crippen LogP contribution < -0.4 is 30.2 Å². The third kappa shape index (κ3) is 6.82. The normalized spacial score (nSPS) is 9.83. The van der Waals surface area contributed by atoms with Gasteiger partial charge in [0.25, 0.3) is 11.8 Å². The van der Waals surface area contributed by atoms with Crippen LogP contribution in [0.5, 0.6) is 17.2 Å². The summed E-state index contributed by atoms with van der Waals surface area (Å²) >= 11 is 5.27. The van der Waals surface area contributed by atoms with E-state index in [1.54, 1.807) is 36.4 Å². The summed E-state index contributed by atoms with van der Waals surface area (Å²) in [4.78, 5) is 31.7. The molecule has 0 aliphatic heterocycles. The van der Waals surface area contributed by atoms with Gasteiger partial charge in [0.15, 0.2) is 23.3 Å². The number of azide groups is 1. The zero-order valence-corrected chi connectivity index (χ0v) is 20.0. The van der Waals surface area contributed by atoms with Crippen LogP contribution in [0, 0.1) is 0 Å². The van der Waals surface area contributed by atoms with Gasteiger partial charge >= 0.3 is 0 Å². The fourth-order valence-electron chi connectivity index (χ4n) is 3.01. The topological polar surface area (TPSA) is 160 Å². The van der Waals surface area contributed by atoms with Crippen LogP contribution in [-0.4, -0.2) is 42.9 Å². The van der Waals surface area contributed by atoms with E-state index in [0.717, 1.165) is 0 Å². The molecule has 0 atom stereocenters. The predicted molar refractivity (Wildman–Crippen MR) is 137 cm³/mol. The van der Waals surface area contributed by atoms with E-state index in [1.165, 1.54) is 38.7 Å². The highest BCUT2D eigenvalue weighted by Gasteiger charge is 2.18. The van der Waals surface area contributed by atoms with Gasteiger partial charge in [-0.2, -0.15) is 0 Å². The van der Waals surface area contributed by atoms with Gasteiger partial charge in [-0.1, -0.05) is 11.2 Å². The van der Waals surface area contributed by atoms with Crippen LogP contribution >= 0.6 is 12.2 Å². The molecule has 12 nitrogen and oxygen atoms in total. The monoisotopic (exact) mass is 507 g/mol. The van der Waals surface area contributed by atoms with Gasteiger partial charge in [-0.3, -0.25) is 19.9 Å². The number of nitrogens with zero attached hydrogens (tertiary/aromatic N) is 4. The second-order valence-electron chi connectivity index (χ2n) is 6.89. The highest BCUT2D eigenvalue weighted by molar-refractivity contribution is 7.80. The molecule has 1 heterocycles. The average Bonchev–Trinajstić information content (AvgIpc) is 2.88. The van der Waals surface area contributed by atoms with E-state index in [-0.39, 0.29) is 40.6 Å². The smallest absolute Gasteiger partial charge is 0.257 e. The second-order valence-corrected chi connectivity index (χ2v) is 7.30. The maximum Gasteiger partial charge on any atom is 0.257 e. The molecule has 0 aliphatic carbocycles. The van der Waals surface area contributed by atoms with Crippen LogP contribution in [0.2, 0.25) is 0 Å². The SMILES string of the molecule is COc1cc(C(=O)NC(=S)Nc2cccc(NC(=O)c3ccncc3)c2)cc(OCN=[N+]=[N-])c1OC. The molecular formula is C23H21N7O5S. The molecule has 0 bridgehead atoms. The number of carbonyl (C=O) groups excluding carboxylic acids is 2. The minimum atomic E-state index is -0.552. The molecule has 0 fully saturated rings. The van der Waals surface area contributed by atoms with Gasteiger partial charge in [-0.25, -0.2) is 0 Å². The van der Waals surface area contributed by atoms with Gasteiger partial charge < -0.3 is 24.8 Å². The zero-order valence-electron chi connectivity index (χ0n) is 19.2. The number of methoxy groups -OCH3 is 2. The number of hydrogen-bond acceptors (Lipinski definition) is 8. The minimum Gasteiger partial charge on any atom is -0.493 e. The number of hydrogen-bond donors (Lipinski definition) is 3. The highest BCUT2D eigenvalue weighted by Crippen LogP contribution is 2.38. The third-order valence-corrected chi connectivity index (χ3v) is 4.80. The molecule has 3 rings (SSSR count). The van der Waals surface area contributed by atoms with Crippen molar-refractivity contribution < 1.29 is 23.8 Å². The first-order valence-electron chi connectivity index (χ1n) is 10.3. The standard InChI is InChI=1S/C23H21N7O5S/c1-33-18-10-15(11-19(20(18)34-2)35-13-26-30-24)22(32)29-23(36)28-17-5-3-4-16(12-17)27-21(31)14-6-8-25-9-7-14/h3-12H,13H2,1-2H3,(H,27,31)(H2,28,29,32,36). The van der Waals surface area contributed by atoms with Crippen molar-refractivity contribution in [3.63, 3.8) is 0 Å². The third-order valence-electron chi connectivity index (χ3n) is 4.60. The number of carbonyl (C=O) groups is 2. The fourth-order valence-corrected chi connectivity index (χ4v) is 3.22. The molecular weight excluding hydrogens is 486 g/mol. The van der Waals surface area contributed by atoms with Crippen LogP contribution in [-0.2, 0) is 0 Å². The van der Waals surface area contributed by atoms with Crippen LogP contribution in [0.3, 0.4) is 0 Å². The van der Waals surface area contributed by atoms with Crippen molar-refractivity contribution in [2.75, 3.05) is 31.6 Å². The van der Waals surface area contributed by atoms with Gasteiger partial charge in [-0.15, -0.1) is 0 Å². The summed E-state index contributed by atoms with van der Waals surface area (Å²) in [6.07, 6.45) is 3.06. The average molecular weight is 508 g/mol. The van der Waals surface area contributed by atoms with E-state index in [1.807, 2.05) is 0 Å². The van der Waals surface area contributed by atoms with Crippen molar-refractivity contribution in [3.8, 4) is 17.2 Å². The number of rotatable bonds is 9. The predicted octanol–water partition coefficient (Wildman–Crippen LogP) is 4.12. The molecule has 0 aliphatic rings. The zero-order chi connectivity index (χ0) is 25.9. The lowest BCUT2D eigenvalue weighted by molar-refractivity contribution is 0.0975. The number of amides is 2. The van der Waals surface area contributed by atoms with Gasteiger partial charge in [0.1, 0.15) is 0 Å². The van der Waals surface area contributed by atoms with Crippen molar-refractivity contribution in [2.45, 2.75) is 0 Å². The summed E-state index contributed by atoms with van der Waals surface area (Å²) in [5.74, 6) is -0.237. The lowest BCUT2D eigenvalue weighted by atomic mass is 10.1. The molecule has 3 N–H and O–H groups in total. The molecule has 2 aromatic carbocycles. The van der Waals surface area contributed by atoms with Gasteiger partial charge in [0.2, 0.25) is 5.75 Å². The van der Waals surface area contributed by atoms with E-state index in [4.69, 9.17) is 32.0 Å². The Morgan fingerprint density at radius 2 is 1.67 bits per heavy atom. The van der Waals surface area contributed by atoms with E-state index in [9.17, 15) is 9.59 Å². The van der Waals surface area contributed by atoms with Crippen molar-refractivity contribution in [1.29, 1.82) is 0 Å². The van der Waals surface area contributed by atoms with Crippen molar-refractivity contribution in [1.82, 2.24) is 10.3 Å². The number of thiocarbonyl (C=S) groups is 1. The summed E-state index contributed by atoms with van der Waals surface area (Å²) in [6, 6.07) is 12.9. The largest absolute Gasteiger partial charge is 0.493 e. The first-order chi connectivity index (χ1) is 17.4. The molecule has 0 saturated heterocycles. The van der Waals surface area contributed by atoms with Crippen molar-refractivity contribution in [3.05, 3.63) is 82.5 Å². The summed E-state index contributed by atoms with van der Waals surface area (Å²) in [7, 11) is 2.81. The maximum atomic E-state index is 12.8. The minimum absolute atomic E-state index is 0.0175.